The number of morpholine rings is 1. The maximum absolute atomic E-state index is 5.68. The summed E-state index contributed by atoms with van der Waals surface area (Å²) in [5.41, 5.74) is 1.17. The van der Waals surface area contributed by atoms with Crippen LogP contribution in [0.15, 0.2) is 36.9 Å². The molecule has 0 saturated carbocycles. The van der Waals surface area contributed by atoms with E-state index in [2.05, 4.69) is 25.2 Å². The zero-order chi connectivity index (χ0) is 17.6. The van der Waals surface area contributed by atoms with Crippen molar-refractivity contribution in [2.45, 2.75) is 18.5 Å². The Kier molecular flexibility index (Phi) is 5.91. The Hall–Kier alpha value is -1.80. The zero-order valence-electron chi connectivity index (χ0n) is 15.0. The van der Waals surface area contributed by atoms with Crippen LogP contribution in [-0.2, 0) is 9.47 Å². The van der Waals surface area contributed by atoms with E-state index in [4.69, 9.17) is 9.47 Å². The fourth-order valence-corrected chi connectivity index (χ4v) is 3.96. The van der Waals surface area contributed by atoms with Crippen molar-refractivity contribution in [1.29, 1.82) is 0 Å². The standard InChI is InChI=1S/C19H27N5O2/c1-4-20-5-2-15(1)18(19-21-6-7-22-19)23-13-17(16-3-10-26-14-16)24-8-11-25-12-9-24/h1-2,4-7,16-18,23H,3,8-14H2,(H,21,22). The highest BCUT2D eigenvalue weighted by Gasteiger charge is 2.32. The highest BCUT2D eigenvalue weighted by molar-refractivity contribution is 5.22. The Labute approximate surface area is 154 Å². The summed E-state index contributed by atoms with van der Waals surface area (Å²) < 4.78 is 11.2. The first-order chi connectivity index (χ1) is 12.9. The Morgan fingerprint density at radius 2 is 2.00 bits per heavy atom. The quantitative estimate of drug-likeness (QED) is 0.776. The van der Waals surface area contributed by atoms with Crippen molar-refractivity contribution in [2.75, 3.05) is 46.1 Å². The van der Waals surface area contributed by atoms with Gasteiger partial charge in [-0.1, -0.05) is 0 Å². The van der Waals surface area contributed by atoms with Crippen molar-refractivity contribution in [3.8, 4) is 0 Å². The second-order valence-corrected chi connectivity index (χ2v) is 6.94. The molecule has 2 aromatic rings. The number of H-pyrrole nitrogens is 1. The van der Waals surface area contributed by atoms with E-state index < -0.39 is 0 Å². The van der Waals surface area contributed by atoms with E-state index in [1.807, 2.05) is 30.7 Å². The number of imidazole rings is 1. The van der Waals surface area contributed by atoms with Crippen LogP contribution < -0.4 is 5.32 Å². The van der Waals surface area contributed by atoms with E-state index >= 15 is 0 Å². The number of rotatable bonds is 7. The highest BCUT2D eigenvalue weighted by atomic mass is 16.5. The van der Waals surface area contributed by atoms with E-state index in [9.17, 15) is 0 Å². The van der Waals surface area contributed by atoms with Gasteiger partial charge in [-0.05, 0) is 24.1 Å². The predicted molar refractivity (Wildman–Crippen MR) is 97.8 cm³/mol. The maximum Gasteiger partial charge on any atom is 0.127 e. The van der Waals surface area contributed by atoms with Crippen molar-refractivity contribution in [3.63, 3.8) is 0 Å². The third-order valence-electron chi connectivity index (χ3n) is 5.39. The highest BCUT2D eigenvalue weighted by Crippen LogP contribution is 2.24. The average Bonchev–Trinajstić information content (AvgIpc) is 3.41. The van der Waals surface area contributed by atoms with Crippen LogP contribution >= 0.6 is 0 Å². The van der Waals surface area contributed by atoms with Gasteiger partial charge in [-0.2, -0.15) is 0 Å². The summed E-state index contributed by atoms with van der Waals surface area (Å²) >= 11 is 0. The van der Waals surface area contributed by atoms with Crippen LogP contribution in [-0.4, -0.2) is 72.0 Å². The minimum atomic E-state index is 0.0267. The van der Waals surface area contributed by atoms with Crippen LogP contribution in [0.2, 0.25) is 0 Å². The van der Waals surface area contributed by atoms with Crippen molar-refractivity contribution in [1.82, 2.24) is 25.2 Å². The molecule has 2 saturated heterocycles. The number of hydrogen-bond donors (Lipinski definition) is 2. The first-order valence-electron chi connectivity index (χ1n) is 9.44. The molecule has 4 rings (SSSR count). The molecule has 2 N–H and O–H groups in total. The maximum atomic E-state index is 5.68. The van der Waals surface area contributed by atoms with Crippen molar-refractivity contribution in [2.24, 2.45) is 5.92 Å². The predicted octanol–water partition coefficient (Wildman–Crippen LogP) is 1.22. The molecule has 26 heavy (non-hydrogen) atoms. The molecule has 0 bridgehead atoms. The topological polar surface area (TPSA) is 75.3 Å². The molecule has 0 aromatic carbocycles. The molecule has 3 unspecified atom stereocenters. The molecular weight excluding hydrogens is 330 g/mol. The van der Waals surface area contributed by atoms with Gasteiger partial charge in [0.1, 0.15) is 5.82 Å². The SMILES string of the molecule is c1cc(C(NCC(C2CCOC2)N2CCOCC2)c2ncc[nH]2)ccn1. The van der Waals surface area contributed by atoms with Gasteiger partial charge in [-0.3, -0.25) is 9.88 Å². The third kappa shape index (κ3) is 4.12. The fraction of sp³-hybridized carbons (Fsp3) is 0.579. The lowest BCUT2D eigenvalue weighted by Crippen LogP contribution is -2.52. The third-order valence-corrected chi connectivity index (χ3v) is 5.39. The number of nitrogens with zero attached hydrogens (tertiary/aromatic N) is 3. The lowest BCUT2D eigenvalue weighted by Gasteiger charge is -2.38. The lowest BCUT2D eigenvalue weighted by atomic mass is 9.96. The van der Waals surface area contributed by atoms with Gasteiger partial charge in [0.2, 0.25) is 0 Å². The Bertz CT molecular complexity index is 639. The molecule has 0 aliphatic carbocycles. The average molecular weight is 357 g/mol. The van der Waals surface area contributed by atoms with Gasteiger partial charge in [0.05, 0.1) is 25.9 Å². The van der Waals surface area contributed by atoms with Crippen molar-refractivity contribution in [3.05, 3.63) is 48.3 Å². The van der Waals surface area contributed by atoms with Gasteiger partial charge in [-0.15, -0.1) is 0 Å². The molecule has 2 aliphatic rings. The number of nitrogens with one attached hydrogen (secondary N) is 2. The summed E-state index contributed by atoms with van der Waals surface area (Å²) in [7, 11) is 0. The molecule has 2 aromatic heterocycles. The van der Waals surface area contributed by atoms with Gasteiger partial charge in [0.15, 0.2) is 0 Å². The molecule has 140 valence electrons. The molecule has 4 heterocycles. The molecule has 2 fully saturated rings. The molecule has 7 heteroatoms. The monoisotopic (exact) mass is 357 g/mol. The summed E-state index contributed by atoms with van der Waals surface area (Å²) in [5, 5.41) is 3.75. The summed E-state index contributed by atoms with van der Waals surface area (Å²) in [4.78, 5) is 14.4. The molecular formula is C19H27N5O2. The lowest BCUT2D eigenvalue weighted by molar-refractivity contribution is 0.000998. The van der Waals surface area contributed by atoms with Crippen molar-refractivity contribution >= 4 is 0 Å². The van der Waals surface area contributed by atoms with Crippen LogP contribution in [0, 0.1) is 5.92 Å². The van der Waals surface area contributed by atoms with Crippen molar-refractivity contribution < 1.29 is 9.47 Å². The number of ether oxygens (including phenoxy) is 2. The van der Waals surface area contributed by atoms with Crippen LogP contribution in [0.25, 0.3) is 0 Å². The van der Waals surface area contributed by atoms with Gasteiger partial charge in [0.25, 0.3) is 0 Å². The van der Waals surface area contributed by atoms with Gasteiger partial charge in [0, 0.05) is 63.0 Å². The largest absolute Gasteiger partial charge is 0.381 e. The normalized spacial score (nSPS) is 23.8. The van der Waals surface area contributed by atoms with E-state index in [0.29, 0.717) is 12.0 Å². The second kappa shape index (κ2) is 8.73. The zero-order valence-corrected chi connectivity index (χ0v) is 15.0. The Morgan fingerprint density at radius 3 is 2.69 bits per heavy atom. The number of aromatic nitrogens is 3. The number of pyridine rings is 1. The molecule has 2 aliphatic heterocycles. The van der Waals surface area contributed by atoms with E-state index in [0.717, 1.165) is 58.3 Å². The van der Waals surface area contributed by atoms with Gasteiger partial charge < -0.3 is 19.8 Å². The number of hydrogen-bond acceptors (Lipinski definition) is 6. The first kappa shape index (κ1) is 17.6. The smallest absolute Gasteiger partial charge is 0.127 e. The summed E-state index contributed by atoms with van der Waals surface area (Å²) in [6.45, 7) is 6.22. The molecule has 3 atom stereocenters. The first-order valence-corrected chi connectivity index (χ1v) is 9.44. The van der Waals surface area contributed by atoms with Crippen LogP contribution in [0.5, 0.6) is 0 Å². The Balaban J connectivity index is 1.50. The van der Waals surface area contributed by atoms with E-state index in [-0.39, 0.29) is 6.04 Å². The van der Waals surface area contributed by atoms with Crippen LogP contribution in [0.3, 0.4) is 0 Å². The molecule has 0 radical (unpaired) electrons. The fourth-order valence-electron chi connectivity index (χ4n) is 3.96. The van der Waals surface area contributed by atoms with Crippen LogP contribution in [0.4, 0.5) is 0 Å². The van der Waals surface area contributed by atoms with E-state index in [1.54, 1.807) is 6.20 Å². The van der Waals surface area contributed by atoms with Crippen LogP contribution in [0.1, 0.15) is 23.9 Å². The summed E-state index contributed by atoms with van der Waals surface area (Å²) in [6.07, 6.45) is 8.46. The summed E-state index contributed by atoms with van der Waals surface area (Å²) in [5.74, 6) is 1.50. The molecule has 7 nitrogen and oxygen atoms in total. The number of aromatic amines is 1. The Morgan fingerprint density at radius 1 is 1.15 bits per heavy atom. The molecule has 0 spiro atoms. The molecule has 0 amide bonds. The minimum Gasteiger partial charge on any atom is -0.381 e. The second-order valence-electron chi connectivity index (χ2n) is 6.94. The van der Waals surface area contributed by atoms with E-state index in [1.165, 1.54) is 5.56 Å². The van der Waals surface area contributed by atoms with Gasteiger partial charge in [-0.25, -0.2) is 4.98 Å². The van der Waals surface area contributed by atoms with Gasteiger partial charge >= 0.3 is 0 Å². The summed E-state index contributed by atoms with van der Waals surface area (Å²) in [6, 6.07) is 4.56. The minimum absolute atomic E-state index is 0.0267.